The second-order valence-corrected chi connectivity index (χ2v) is 5.33. The Balaban J connectivity index is 1.72. The zero-order chi connectivity index (χ0) is 15.1. The van der Waals surface area contributed by atoms with E-state index in [9.17, 15) is 9.59 Å². The fourth-order valence-electron chi connectivity index (χ4n) is 2.60. The highest BCUT2D eigenvalue weighted by molar-refractivity contribution is 5.82. The molecule has 0 aliphatic carbocycles. The van der Waals surface area contributed by atoms with Crippen molar-refractivity contribution in [3.8, 4) is 0 Å². The van der Waals surface area contributed by atoms with Crippen molar-refractivity contribution in [2.75, 3.05) is 26.8 Å². The Morgan fingerprint density at radius 2 is 2.14 bits per heavy atom. The summed E-state index contributed by atoms with van der Waals surface area (Å²) in [5.74, 6) is -0.0489. The Hall–Kier alpha value is -1.88. The fraction of sp³-hybridized carbons (Fsp3) is 0.500. The van der Waals surface area contributed by atoms with E-state index in [1.54, 1.807) is 0 Å². The van der Waals surface area contributed by atoms with Crippen LogP contribution in [0.4, 0.5) is 0 Å². The molecule has 5 heteroatoms. The maximum atomic E-state index is 11.9. The van der Waals surface area contributed by atoms with Crippen LogP contribution in [-0.2, 0) is 20.7 Å². The molecule has 5 nitrogen and oxygen atoms in total. The molecule has 0 bridgehead atoms. The normalized spacial score (nSPS) is 18.0. The third kappa shape index (κ3) is 4.86. The topological polar surface area (TPSA) is 58.6 Å². The van der Waals surface area contributed by atoms with E-state index in [-0.39, 0.29) is 24.5 Å². The molecule has 1 aromatic carbocycles. The van der Waals surface area contributed by atoms with Gasteiger partial charge in [-0.25, -0.2) is 0 Å². The highest BCUT2D eigenvalue weighted by atomic mass is 16.5. The molecule has 0 spiro atoms. The first-order chi connectivity index (χ1) is 10.2. The quantitative estimate of drug-likeness (QED) is 0.814. The van der Waals surface area contributed by atoms with Crippen LogP contribution in [-0.4, -0.2) is 49.6 Å². The number of hydrogen-bond acceptors (Lipinski definition) is 3. The van der Waals surface area contributed by atoms with E-state index in [0.29, 0.717) is 13.0 Å². The van der Waals surface area contributed by atoms with E-state index >= 15 is 0 Å². The Kier molecular flexibility index (Phi) is 5.75. The maximum Gasteiger partial charge on any atom is 0.246 e. The van der Waals surface area contributed by atoms with E-state index in [4.69, 9.17) is 4.74 Å². The number of aryl methyl sites for hydroxylation is 1. The van der Waals surface area contributed by atoms with E-state index in [0.717, 1.165) is 19.4 Å². The summed E-state index contributed by atoms with van der Waals surface area (Å²) < 4.78 is 4.77. The summed E-state index contributed by atoms with van der Waals surface area (Å²) >= 11 is 0. The Morgan fingerprint density at radius 3 is 2.86 bits per heavy atom. The molecule has 1 aliphatic rings. The minimum absolute atomic E-state index is 0.0404. The molecule has 1 fully saturated rings. The molecule has 1 N–H and O–H groups in total. The Morgan fingerprint density at radius 1 is 1.38 bits per heavy atom. The average molecular weight is 290 g/mol. The summed E-state index contributed by atoms with van der Waals surface area (Å²) in [6.07, 6.45) is 2.29. The molecule has 1 heterocycles. The molecule has 0 saturated carbocycles. The van der Waals surface area contributed by atoms with Gasteiger partial charge in [0.15, 0.2) is 0 Å². The predicted molar refractivity (Wildman–Crippen MR) is 79.8 cm³/mol. The van der Waals surface area contributed by atoms with Crippen LogP contribution >= 0.6 is 0 Å². The second kappa shape index (κ2) is 7.78. The summed E-state index contributed by atoms with van der Waals surface area (Å²) in [6.45, 7) is 1.38. The van der Waals surface area contributed by atoms with E-state index in [2.05, 4.69) is 17.4 Å². The van der Waals surface area contributed by atoms with Crippen molar-refractivity contribution in [1.29, 1.82) is 0 Å². The second-order valence-electron chi connectivity index (χ2n) is 5.33. The van der Waals surface area contributed by atoms with Gasteiger partial charge in [-0.1, -0.05) is 30.3 Å². The van der Waals surface area contributed by atoms with Crippen molar-refractivity contribution in [3.05, 3.63) is 35.9 Å². The van der Waals surface area contributed by atoms with Crippen molar-refractivity contribution in [2.45, 2.75) is 25.3 Å². The molecule has 0 unspecified atom stereocenters. The minimum Gasteiger partial charge on any atom is -0.375 e. The molecule has 1 aromatic rings. The van der Waals surface area contributed by atoms with Gasteiger partial charge in [0.2, 0.25) is 11.8 Å². The summed E-state index contributed by atoms with van der Waals surface area (Å²) in [4.78, 5) is 25.2. The lowest BCUT2D eigenvalue weighted by Gasteiger charge is -2.17. The zero-order valence-electron chi connectivity index (χ0n) is 12.4. The van der Waals surface area contributed by atoms with Gasteiger partial charge in [-0.05, 0) is 18.4 Å². The van der Waals surface area contributed by atoms with Crippen molar-refractivity contribution in [2.24, 2.45) is 0 Å². The first kappa shape index (κ1) is 15.5. The number of amides is 2. The summed E-state index contributed by atoms with van der Waals surface area (Å²) in [5.41, 5.74) is 1.29. The third-order valence-corrected chi connectivity index (χ3v) is 3.59. The highest BCUT2D eigenvalue weighted by Crippen LogP contribution is 2.12. The van der Waals surface area contributed by atoms with Gasteiger partial charge in [-0.2, -0.15) is 0 Å². The van der Waals surface area contributed by atoms with E-state index < -0.39 is 0 Å². The number of methoxy groups -OCH3 is 1. The number of ether oxygens (including phenoxy) is 1. The molecule has 21 heavy (non-hydrogen) atoms. The van der Waals surface area contributed by atoms with Crippen LogP contribution in [0.2, 0.25) is 0 Å². The molecule has 1 aliphatic heterocycles. The van der Waals surface area contributed by atoms with Crippen LogP contribution in [0.3, 0.4) is 0 Å². The highest BCUT2D eigenvalue weighted by Gasteiger charge is 2.29. The molecule has 1 saturated heterocycles. The number of likely N-dealkylation sites (tertiary alicyclic amines) is 1. The van der Waals surface area contributed by atoms with Crippen molar-refractivity contribution in [1.82, 2.24) is 10.2 Å². The van der Waals surface area contributed by atoms with Crippen LogP contribution < -0.4 is 5.32 Å². The fourth-order valence-corrected chi connectivity index (χ4v) is 2.60. The summed E-state index contributed by atoms with van der Waals surface area (Å²) in [5, 5.41) is 2.82. The number of benzene rings is 1. The molecule has 114 valence electrons. The van der Waals surface area contributed by atoms with Crippen LogP contribution in [0.15, 0.2) is 30.3 Å². The Bertz CT molecular complexity index is 476. The number of nitrogens with one attached hydrogen (secondary N) is 1. The molecule has 2 amide bonds. The lowest BCUT2D eigenvalue weighted by Crippen LogP contribution is -2.39. The molecule has 0 radical (unpaired) electrons. The number of nitrogens with zero attached hydrogens (tertiary/aromatic N) is 1. The van der Waals surface area contributed by atoms with Gasteiger partial charge >= 0.3 is 0 Å². The molecule has 0 aromatic heterocycles. The van der Waals surface area contributed by atoms with E-state index in [1.165, 1.54) is 12.7 Å². The number of carbonyl (C=O) groups is 2. The van der Waals surface area contributed by atoms with Crippen molar-refractivity contribution in [3.63, 3.8) is 0 Å². The molecule has 1 atom stereocenters. The standard InChI is InChI=1S/C16H22N2O3/c1-21-12-15(19)17-14-10-16(20)18(11-14)9-5-8-13-6-3-2-4-7-13/h2-4,6-7,14H,5,8-12H2,1H3,(H,17,19)/t14-/m1/s1. The van der Waals surface area contributed by atoms with Gasteiger partial charge in [0.1, 0.15) is 6.61 Å². The van der Waals surface area contributed by atoms with Gasteiger partial charge in [-0.3, -0.25) is 9.59 Å². The SMILES string of the molecule is COCC(=O)N[C@@H]1CC(=O)N(CCCc2ccccc2)C1. The third-order valence-electron chi connectivity index (χ3n) is 3.59. The van der Waals surface area contributed by atoms with Crippen molar-refractivity contribution < 1.29 is 14.3 Å². The Labute approximate surface area is 125 Å². The minimum atomic E-state index is -0.165. The van der Waals surface area contributed by atoms with Gasteiger partial charge in [0.25, 0.3) is 0 Å². The maximum absolute atomic E-state index is 11.9. The predicted octanol–water partition coefficient (Wildman–Crippen LogP) is 0.983. The van der Waals surface area contributed by atoms with Crippen LogP contribution in [0, 0.1) is 0 Å². The summed E-state index contributed by atoms with van der Waals surface area (Å²) in [6, 6.07) is 10.2. The molecule has 2 rings (SSSR count). The van der Waals surface area contributed by atoms with Crippen LogP contribution in [0.25, 0.3) is 0 Å². The first-order valence-corrected chi connectivity index (χ1v) is 7.29. The number of carbonyl (C=O) groups excluding carboxylic acids is 2. The zero-order valence-corrected chi connectivity index (χ0v) is 12.4. The van der Waals surface area contributed by atoms with Gasteiger partial charge in [0, 0.05) is 26.6 Å². The lowest BCUT2D eigenvalue weighted by molar-refractivity contribution is -0.127. The number of rotatable bonds is 7. The molecular formula is C16H22N2O3. The molecular weight excluding hydrogens is 268 g/mol. The van der Waals surface area contributed by atoms with Gasteiger partial charge < -0.3 is 15.0 Å². The van der Waals surface area contributed by atoms with Crippen molar-refractivity contribution >= 4 is 11.8 Å². The lowest BCUT2D eigenvalue weighted by atomic mass is 10.1. The van der Waals surface area contributed by atoms with Crippen LogP contribution in [0.1, 0.15) is 18.4 Å². The smallest absolute Gasteiger partial charge is 0.246 e. The van der Waals surface area contributed by atoms with E-state index in [1.807, 2.05) is 23.1 Å². The van der Waals surface area contributed by atoms with Crippen LogP contribution in [0.5, 0.6) is 0 Å². The van der Waals surface area contributed by atoms with Gasteiger partial charge in [-0.15, -0.1) is 0 Å². The summed E-state index contributed by atoms with van der Waals surface area (Å²) in [7, 11) is 1.48. The van der Waals surface area contributed by atoms with Gasteiger partial charge in [0.05, 0.1) is 6.04 Å². The monoisotopic (exact) mass is 290 g/mol. The largest absolute Gasteiger partial charge is 0.375 e. The first-order valence-electron chi connectivity index (χ1n) is 7.29. The number of hydrogen-bond donors (Lipinski definition) is 1. The average Bonchev–Trinajstić information content (AvgIpc) is 2.80.